The summed E-state index contributed by atoms with van der Waals surface area (Å²) in [5.41, 5.74) is 6.18. The van der Waals surface area contributed by atoms with Crippen molar-refractivity contribution in [2.75, 3.05) is 0 Å². The van der Waals surface area contributed by atoms with Gasteiger partial charge in [0.15, 0.2) is 0 Å². The molecule has 0 atom stereocenters. The highest BCUT2D eigenvalue weighted by molar-refractivity contribution is 7.99. The zero-order valence-corrected chi connectivity index (χ0v) is 11.4. The summed E-state index contributed by atoms with van der Waals surface area (Å²) in [6, 6.07) is 5.68. The van der Waals surface area contributed by atoms with Crippen LogP contribution in [0, 0.1) is 5.41 Å². The molecule has 3 rings (SSSR count). The Kier molecular flexibility index (Phi) is 3.16. The lowest BCUT2D eigenvalue weighted by molar-refractivity contribution is 0.565. The van der Waals surface area contributed by atoms with Crippen molar-refractivity contribution < 1.29 is 0 Å². The number of tetrazole rings is 1. The average molecular weight is 295 g/mol. The molecular weight excluding hydrogens is 284 g/mol. The highest BCUT2D eigenvalue weighted by Gasteiger charge is 2.28. The lowest BCUT2D eigenvalue weighted by Crippen LogP contribution is -2.12. The molecule has 1 aromatic carbocycles. The highest BCUT2D eigenvalue weighted by Crippen LogP contribution is 2.38. The maximum atomic E-state index is 7.60. The quantitative estimate of drug-likeness (QED) is 0.665. The topological polar surface area (TPSA) is 93.5 Å². The molecule has 0 radical (unpaired) electrons. The molecule has 8 heteroatoms. The number of amidine groups is 1. The predicted octanol–water partition coefficient (Wildman–Crippen LogP) is 2.10. The Morgan fingerprint density at radius 1 is 1.47 bits per heavy atom. The molecule has 19 heavy (non-hydrogen) atoms. The van der Waals surface area contributed by atoms with Gasteiger partial charge in [0.25, 0.3) is 0 Å². The van der Waals surface area contributed by atoms with E-state index in [-0.39, 0.29) is 5.84 Å². The molecular formula is C11H11ClN6S. The SMILES string of the molecule is N=C(N)c1cc(Cl)ccc1Sc1nnnn1C1CC1. The smallest absolute Gasteiger partial charge is 0.214 e. The van der Waals surface area contributed by atoms with Crippen LogP contribution in [0.5, 0.6) is 0 Å². The molecule has 1 fully saturated rings. The minimum Gasteiger partial charge on any atom is -0.384 e. The first-order valence-electron chi connectivity index (χ1n) is 5.75. The number of hydrogen-bond acceptors (Lipinski definition) is 5. The lowest BCUT2D eigenvalue weighted by Gasteiger charge is -2.08. The Hall–Kier alpha value is -1.60. The van der Waals surface area contributed by atoms with Gasteiger partial charge in [0.05, 0.1) is 6.04 Å². The van der Waals surface area contributed by atoms with E-state index in [1.807, 2.05) is 10.7 Å². The van der Waals surface area contributed by atoms with E-state index in [0.717, 1.165) is 17.7 Å². The molecule has 0 spiro atoms. The molecule has 1 aliphatic rings. The number of nitrogen functional groups attached to an aromatic ring is 1. The van der Waals surface area contributed by atoms with Crippen LogP contribution in [-0.4, -0.2) is 26.0 Å². The first-order valence-corrected chi connectivity index (χ1v) is 6.94. The zero-order chi connectivity index (χ0) is 13.4. The number of nitrogens with one attached hydrogen (secondary N) is 1. The van der Waals surface area contributed by atoms with E-state index < -0.39 is 0 Å². The lowest BCUT2D eigenvalue weighted by atomic mass is 10.2. The van der Waals surface area contributed by atoms with E-state index >= 15 is 0 Å². The van der Waals surface area contributed by atoms with Crippen molar-refractivity contribution in [2.24, 2.45) is 5.73 Å². The van der Waals surface area contributed by atoms with Gasteiger partial charge in [-0.2, -0.15) is 0 Å². The van der Waals surface area contributed by atoms with Gasteiger partial charge in [0.2, 0.25) is 5.16 Å². The summed E-state index contributed by atoms with van der Waals surface area (Å²) in [6.45, 7) is 0. The minimum atomic E-state index is -0.0181. The Morgan fingerprint density at radius 2 is 2.26 bits per heavy atom. The fourth-order valence-electron chi connectivity index (χ4n) is 1.70. The van der Waals surface area contributed by atoms with E-state index in [0.29, 0.717) is 21.8 Å². The Bertz CT molecular complexity index is 636. The largest absolute Gasteiger partial charge is 0.384 e. The number of aromatic nitrogens is 4. The summed E-state index contributed by atoms with van der Waals surface area (Å²) in [5.74, 6) is -0.0181. The fraction of sp³-hybridized carbons (Fsp3) is 0.273. The second-order valence-corrected chi connectivity index (χ2v) is 5.74. The van der Waals surface area contributed by atoms with Crippen LogP contribution in [-0.2, 0) is 0 Å². The predicted molar refractivity (Wildman–Crippen MR) is 72.7 cm³/mol. The minimum absolute atomic E-state index is 0.0181. The number of hydrogen-bond donors (Lipinski definition) is 2. The van der Waals surface area contributed by atoms with Crippen molar-refractivity contribution in [2.45, 2.75) is 28.9 Å². The number of benzene rings is 1. The van der Waals surface area contributed by atoms with Gasteiger partial charge in [-0.25, -0.2) is 4.68 Å². The van der Waals surface area contributed by atoms with Crippen LogP contribution in [0.4, 0.5) is 0 Å². The van der Waals surface area contributed by atoms with Crippen LogP contribution in [0.2, 0.25) is 5.02 Å². The normalized spacial score (nSPS) is 14.6. The zero-order valence-electron chi connectivity index (χ0n) is 9.88. The summed E-state index contributed by atoms with van der Waals surface area (Å²) in [5, 5.41) is 20.6. The van der Waals surface area contributed by atoms with Crippen LogP contribution in [0.3, 0.4) is 0 Å². The molecule has 1 aliphatic carbocycles. The Labute approximate surface area is 118 Å². The van der Waals surface area contributed by atoms with Gasteiger partial charge in [-0.15, -0.1) is 5.10 Å². The van der Waals surface area contributed by atoms with Gasteiger partial charge < -0.3 is 5.73 Å². The molecule has 3 N–H and O–H groups in total. The van der Waals surface area contributed by atoms with Gasteiger partial charge in [-0.3, -0.25) is 5.41 Å². The van der Waals surface area contributed by atoms with Crippen LogP contribution in [0.1, 0.15) is 24.4 Å². The average Bonchev–Trinajstić information content (AvgIpc) is 3.12. The van der Waals surface area contributed by atoms with Crippen molar-refractivity contribution in [3.8, 4) is 0 Å². The summed E-state index contributed by atoms with van der Waals surface area (Å²) >= 11 is 7.33. The molecule has 1 saturated carbocycles. The molecule has 0 aliphatic heterocycles. The van der Waals surface area contributed by atoms with Crippen molar-refractivity contribution in [3.05, 3.63) is 28.8 Å². The molecule has 2 aromatic rings. The fourth-order valence-corrected chi connectivity index (χ4v) is 2.84. The monoisotopic (exact) mass is 294 g/mol. The van der Waals surface area contributed by atoms with E-state index in [2.05, 4.69) is 15.5 Å². The first-order chi connectivity index (χ1) is 9.15. The third-order valence-electron chi connectivity index (χ3n) is 2.79. The highest BCUT2D eigenvalue weighted by atomic mass is 35.5. The van der Waals surface area contributed by atoms with Crippen molar-refractivity contribution >= 4 is 29.2 Å². The van der Waals surface area contributed by atoms with Gasteiger partial charge >= 0.3 is 0 Å². The van der Waals surface area contributed by atoms with Crippen molar-refractivity contribution in [3.63, 3.8) is 0 Å². The molecule has 0 bridgehead atoms. The molecule has 1 aromatic heterocycles. The Morgan fingerprint density at radius 3 is 2.95 bits per heavy atom. The molecule has 0 saturated heterocycles. The van der Waals surface area contributed by atoms with Gasteiger partial charge in [0.1, 0.15) is 5.84 Å². The Balaban J connectivity index is 1.94. The summed E-state index contributed by atoms with van der Waals surface area (Å²) < 4.78 is 1.82. The maximum absolute atomic E-state index is 7.60. The van der Waals surface area contributed by atoms with E-state index in [9.17, 15) is 0 Å². The van der Waals surface area contributed by atoms with Gasteiger partial charge in [0, 0.05) is 15.5 Å². The maximum Gasteiger partial charge on any atom is 0.214 e. The number of halogens is 1. The third kappa shape index (κ3) is 2.57. The van der Waals surface area contributed by atoms with Crippen molar-refractivity contribution in [1.29, 1.82) is 5.41 Å². The number of nitrogens with two attached hydrogens (primary N) is 1. The molecule has 0 amide bonds. The van der Waals surface area contributed by atoms with E-state index in [1.54, 1.807) is 12.1 Å². The van der Waals surface area contributed by atoms with Gasteiger partial charge in [-0.1, -0.05) is 11.6 Å². The first kappa shape index (κ1) is 12.4. The van der Waals surface area contributed by atoms with Crippen molar-refractivity contribution in [1.82, 2.24) is 20.2 Å². The number of rotatable bonds is 4. The second-order valence-electron chi connectivity index (χ2n) is 4.29. The second kappa shape index (κ2) is 4.82. The van der Waals surface area contributed by atoms with Crippen LogP contribution >= 0.6 is 23.4 Å². The van der Waals surface area contributed by atoms with E-state index in [1.165, 1.54) is 11.8 Å². The molecule has 0 unspecified atom stereocenters. The summed E-state index contributed by atoms with van der Waals surface area (Å²) in [4.78, 5) is 0.827. The van der Waals surface area contributed by atoms with Crippen LogP contribution < -0.4 is 5.73 Å². The van der Waals surface area contributed by atoms with Crippen LogP contribution in [0.15, 0.2) is 28.3 Å². The molecule has 1 heterocycles. The van der Waals surface area contributed by atoms with Gasteiger partial charge in [-0.05, 0) is 53.2 Å². The molecule has 98 valence electrons. The standard InChI is InChI=1S/C11H11ClN6S/c12-6-1-4-9(8(5-6)10(13)14)19-11-15-16-17-18(11)7-2-3-7/h1,4-5,7H,2-3H2,(H3,13,14). The summed E-state index contributed by atoms with van der Waals surface area (Å²) in [6.07, 6.45) is 2.22. The van der Waals surface area contributed by atoms with Crippen LogP contribution in [0.25, 0.3) is 0 Å². The number of nitrogens with zero attached hydrogens (tertiary/aromatic N) is 4. The third-order valence-corrected chi connectivity index (χ3v) is 4.05. The van der Waals surface area contributed by atoms with E-state index in [4.69, 9.17) is 22.7 Å². The summed E-state index contributed by atoms with van der Waals surface area (Å²) in [7, 11) is 0. The molecule has 6 nitrogen and oxygen atoms in total.